The minimum Gasteiger partial charge on any atom is -0.395 e. The van der Waals surface area contributed by atoms with Crippen molar-refractivity contribution in [3.05, 3.63) is 21.9 Å². The summed E-state index contributed by atoms with van der Waals surface area (Å²) >= 11 is 1.49. The van der Waals surface area contributed by atoms with Gasteiger partial charge in [0.1, 0.15) is 0 Å². The molecule has 7 heteroatoms. The molecule has 21 heavy (non-hydrogen) atoms. The van der Waals surface area contributed by atoms with E-state index in [0.717, 1.165) is 10.4 Å². The molecule has 2 N–H and O–H groups in total. The number of rotatable bonds is 4. The summed E-state index contributed by atoms with van der Waals surface area (Å²) in [5.74, 6) is 5.21. The number of hydrogen-bond donors (Lipinski definition) is 2. The number of carbonyl (C=O) groups excluding carboxylic acids is 1. The van der Waals surface area contributed by atoms with Crippen molar-refractivity contribution in [3.8, 4) is 11.8 Å². The van der Waals surface area contributed by atoms with Crippen molar-refractivity contribution in [2.75, 3.05) is 18.1 Å². The SMILES string of the molecule is O=C(NCc1cc(C#CCCO)cs1)C1CCS(=O)(=O)C1. The zero-order valence-corrected chi connectivity index (χ0v) is 13.1. The average molecular weight is 327 g/mol. The Morgan fingerprint density at radius 1 is 1.52 bits per heavy atom. The van der Waals surface area contributed by atoms with Crippen LogP contribution in [-0.2, 0) is 21.2 Å². The van der Waals surface area contributed by atoms with Crippen LogP contribution in [-0.4, -0.2) is 37.5 Å². The third-order valence-corrected chi connectivity index (χ3v) is 5.87. The zero-order chi connectivity index (χ0) is 15.3. The van der Waals surface area contributed by atoms with E-state index in [1.54, 1.807) is 0 Å². The molecule has 1 amide bonds. The molecule has 0 aliphatic carbocycles. The van der Waals surface area contributed by atoms with Gasteiger partial charge in [0.25, 0.3) is 0 Å². The van der Waals surface area contributed by atoms with Gasteiger partial charge in [0.05, 0.1) is 30.6 Å². The van der Waals surface area contributed by atoms with Crippen LogP contribution in [0.2, 0.25) is 0 Å². The van der Waals surface area contributed by atoms with Gasteiger partial charge in [0.15, 0.2) is 9.84 Å². The van der Waals surface area contributed by atoms with Crippen molar-refractivity contribution in [1.29, 1.82) is 0 Å². The molecule has 0 radical (unpaired) electrons. The van der Waals surface area contributed by atoms with Crippen molar-refractivity contribution < 1.29 is 18.3 Å². The molecular weight excluding hydrogens is 310 g/mol. The molecule has 2 heterocycles. The number of amides is 1. The molecule has 1 saturated heterocycles. The molecule has 1 aliphatic heterocycles. The van der Waals surface area contributed by atoms with Crippen LogP contribution in [0.1, 0.15) is 23.3 Å². The van der Waals surface area contributed by atoms with Crippen LogP contribution in [0, 0.1) is 17.8 Å². The van der Waals surface area contributed by atoms with E-state index in [0.29, 0.717) is 19.4 Å². The fourth-order valence-electron chi connectivity index (χ4n) is 2.08. The number of carbonyl (C=O) groups is 1. The maximum atomic E-state index is 11.9. The Labute approximate surface area is 128 Å². The molecule has 2 rings (SSSR count). The van der Waals surface area contributed by atoms with Crippen LogP contribution in [0.15, 0.2) is 11.4 Å². The van der Waals surface area contributed by atoms with Gasteiger partial charge in [0, 0.05) is 22.2 Å². The number of aliphatic hydroxyl groups excluding tert-OH is 1. The van der Waals surface area contributed by atoms with E-state index in [1.165, 1.54) is 11.3 Å². The largest absolute Gasteiger partial charge is 0.395 e. The first-order valence-corrected chi connectivity index (χ1v) is 9.35. The zero-order valence-electron chi connectivity index (χ0n) is 11.5. The van der Waals surface area contributed by atoms with Crippen LogP contribution in [0.5, 0.6) is 0 Å². The first-order valence-electron chi connectivity index (χ1n) is 6.65. The Kier molecular flexibility index (Phi) is 5.39. The Hall–Kier alpha value is -1.36. The molecule has 0 bridgehead atoms. The van der Waals surface area contributed by atoms with Gasteiger partial charge in [-0.3, -0.25) is 4.79 Å². The van der Waals surface area contributed by atoms with Crippen LogP contribution < -0.4 is 5.32 Å². The van der Waals surface area contributed by atoms with E-state index in [9.17, 15) is 13.2 Å². The van der Waals surface area contributed by atoms with Crippen molar-refractivity contribution in [2.45, 2.75) is 19.4 Å². The Balaban J connectivity index is 1.84. The molecule has 1 aliphatic rings. The number of nitrogens with one attached hydrogen (secondary N) is 1. The minimum atomic E-state index is -3.03. The maximum absolute atomic E-state index is 11.9. The molecule has 0 spiro atoms. The maximum Gasteiger partial charge on any atom is 0.224 e. The number of aliphatic hydroxyl groups is 1. The van der Waals surface area contributed by atoms with Crippen LogP contribution >= 0.6 is 11.3 Å². The first-order chi connectivity index (χ1) is 10.00. The highest BCUT2D eigenvalue weighted by atomic mass is 32.2. The summed E-state index contributed by atoms with van der Waals surface area (Å²) in [5, 5.41) is 13.3. The minimum absolute atomic E-state index is 0.0405. The fourth-order valence-corrected chi connectivity index (χ4v) is 4.58. The molecule has 114 valence electrons. The first kappa shape index (κ1) is 16.0. The van der Waals surface area contributed by atoms with E-state index < -0.39 is 15.8 Å². The van der Waals surface area contributed by atoms with Crippen LogP contribution in [0.3, 0.4) is 0 Å². The second-order valence-electron chi connectivity index (χ2n) is 4.89. The molecule has 5 nitrogen and oxygen atoms in total. The number of sulfone groups is 1. The molecule has 1 unspecified atom stereocenters. The molecule has 1 atom stereocenters. The van der Waals surface area contributed by atoms with Gasteiger partial charge in [-0.15, -0.1) is 11.3 Å². The van der Waals surface area contributed by atoms with Gasteiger partial charge in [-0.25, -0.2) is 8.42 Å². The van der Waals surface area contributed by atoms with E-state index in [2.05, 4.69) is 17.2 Å². The second-order valence-corrected chi connectivity index (χ2v) is 8.12. The standard InChI is InChI=1S/C14H17NO4S2/c16-5-2-1-3-11-7-13(20-9-11)8-15-14(17)12-4-6-21(18,19)10-12/h7,9,12,16H,2,4-6,8,10H2,(H,15,17). The molecule has 0 saturated carbocycles. The molecular formula is C14H17NO4S2. The number of hydrogen-bond acceptors (Lipinski definition) is 5. The third-order valence-electron chi connectivity index (χ3n) is 3.16. The Morgan fingerprint density at radius 2 is 2.33 bits per heavy atom. The lowest BCUT2D eigenvalue weighted by Crippen LogP contribution is -2.30. The highest BCUT2D eigenvalue weighted by molar-refractivity contribution is 7.91. The van der Waals surface area contributed by atoms with E-state index in [-0.39, 0.29) is 24.0 Å². The van der Waals surface area contributed by atoms with Gasteiger partial charge in [-0.2, -0.15) is 0 Å². The van der Waals surface area contributed by atoms with Gasteiger partial charge in [-0.05, 0) is 12.5 Å². The van der Waals surface area contributed by atoms with Gasteiger partial charge < -0.3 is 10.4 Å². The quantitative estimate of drug-likeness (QED) is 0.791. The van der Waals surface area contributed by atoms with Crippen LogP contribution in [0.4, 0.5) is 0 Å². The van der Waals surface area contributed by atoms with Gasteiger partial charge in [-0.1, -0.05) is 11.8 Å². The Bertz CT molecular complexity index is 667. The normalized spacial score (nSPS) is 19.8. The third kappa shape index (κ3) is 4.84. The summed E-state index contributed by atoms with van der Waals surface area (Å²) in [7, 11) is -3.03. The Morgan fingerprint density at radius 3 is 3.00 bits per heavy atom. The number of thiophene rings is 1. The second kappa shape index (κ2) is 7.07. The summed E-state index contributed by atoms with van der Waals surface area (Å²) in [5.41, 5.74) is 0.862. The lowest BCUT2D eigenvalue weighted by atomic mass is 10.1. The highest BCUT2D eigenvalue weighted by Gasteiger charge is 2.32. The lowest BCUT2D eigenvalue weighted by molar-refractivity contribution is -0.124. The summed E-state index contributed by atoms with van der Waals surface area (Å²) in [6.45, 7) is 0.437. The molecule has 1 aromatic rings. The van der Waals surface area contributed by atoms with E-state index in [1.807, 2.05) is 11.4 Å². The van der Waals surface area contributed by atoms with Crippen LogP contribution in [0.25, 0.3) is 0 Å². The molecule has 0 aromatic carbocycles. The van der Waals surface area contributed by atoms with Crippen molar-refractivity contribution in [2.24, 2.45) is 5.92 Å². The average Bonchev–Trinajstić information content (AvgIpc) is 3.03. The summed E-state index contributed by atoms with van der Waals surface area (Å²) < 4.78 is 22.7. The van der Waals surface area contributed by atoms with Gasteiger partial charge in [0.2, 0.25) is 5.91 Å². The van der Waals surface area contributed by atoms with Gasteiger partial charge >= 0.3 is 0 Å². The highest BCUT2D eigenvalue weighted by Crippen LogP contribution is 2.19. The van der Waals surface area contributed by atoms with Crippen molar-refractivity contribution in [3.63, 3.8) is 0 Å². The fraction of sp³-hybridized carbons (Fsp3) is 0.500. The molecule has 1 aromatic heterocycles. The smallest absolute Gasteiger partial charge is 0.224 e. The lowest BCUT2D eigenvalue weighted by Gasteiger charge is -2.07. The van der Waals surface area contributed by atoms with E-state index in [4.69, 9.17) is 5.11 Å². The van der Waals surface area contributed by atoms with Crippen molar-refractivity contribution in [1.82, 2.24) is 5.32 Å². The summed E-state index contributed by atoms with van der Waals surface area (Å²) in [6.07, 6.45) is 0.856. The predicted molar refractivity (Wildman–Crippen MR) is 81.5 cm³/mol. The van der Waals surface area contributed by atoms with Crippen molar-refractivity contribution >= 4 is 27.1 Å². The summed E-state index contributed by atoms with van der Waals surface area (Å²) in [6, 6.07) is 1.89. The summed E-state index contributed by atoms with van der Waals surface area (Å²) in [4.78, 5) is 12.9. The predicted octanol–water partition coefficient (Wildman–Crippen LogP) is 0.533. The monoisotopic (exact) mass is 327 g/mol. The topological polar surface area (TPSA) is 83.5 Å². The molecule has 1 fully saturated rings. The van der Waals surface area contributed by atoms with E-state index >= 15 is 0 Å².